The maximum Gasteiger partial charge on any atom is 0.194 e. The third kappa shape index (κ3) is 7.33. The Hall–Kier alpha value is -10.7. The summed E-state index contributed by atoms with van der Waals surface area (Å²) < 4.78 is 4.57. The van der Waals surface area contributed by atoms with E-state index in [-0.39, 0.29) is 0 Å². The van der Waals surface area contributed by atoms with Gasteiger partial charge >= 0.3 is 0 Å². The Labute approximate surface area is 426 Å². The molecule has 3 aromatic heterocycles. The average Bonchev–Trinajstić information content (AvgIpc) is 4.02. The molecule has 342 valence electrons. The van der Waals surface area contributed by atoms with Gasteiger partial charge in [-0.05, 0) is 118 Å². The van der Waals surface area contributed by atoms with Gasteiger partial charge in [0.25, 0.3) is 0 Å². The summed E-state index contributed by atoms with van der Waals surface area (Å²) in [6.07, 6.45) is 0. The van der Waals surface area contributed by atoms with Gasteiger partial charge in [0.15, 0.2) is 28.8 Å². The van der Waals surface area contributed by atoms with Crippen LogP contribution in [-0.2, 0) is 0 Å². The summed E-state index contributed by atoms with van der Waals surface area (Å²) >= 11 is 0. The highest BCUT2D eigenvalue weighted by Crippen LogP contribution is 2.42. The van der Waals surface area contributed by atoms with Gasteiger partial charge in [0.05, 0.1) is 46.8 Å². The van der Waals surface area contributed by atoms with Gasteiger partial charge in [-0.2, -0.15) is 5.26 Å². The first kappa shape index (κ1) is 43.3. The van der Waals surface area contributed by atoms with Crippen LogP contribution in [-0.4, -0.2) is 24.1 Å². The SMILES string of the molecule is [C-]#[N+]c1cccc(-c2cc(-n3c4ccccc4c4ccccc43)ccc2-c2nc(-c3cccc(-c4ccccc4[N+]#[C-])c3)nc(-c3ccc(-n4c5ccccc5c5ccccc54)cc3-c3cccc(C#N)c3)n2)c1. The Balaban J connectivity index is 1.08. The zero-order valence-electron chi connectivity index (χ0n) is 39.5. The first-order valence-corrected chi connectivity index (χ1v) is 24.1. The van der Waals surface area contributed by atoms with Gasteiger partial charge in [0, 0.05) is 49.6 Å². The van der Waals surface area contributed by atoms with Crippen LogP contribution in [0.5, 0.6) is 0 Å². The summed E-state index contributed by atoms with van der Waals surface area (Å²) in [5.74, 6) is 1.29. The zero-order valence-corrected chi connectivity index (χ0v) is 39.5. The van der Waals surface area contributed by atoms with E-state index >= 15 is 0 Å². The minimum atomic E-state index is 0.426. The second-order valence-electron chi connectivity index (χ2n) is 18.1. The van der Waals surface area contributed by atoms with Crippen LogP contribution in [0.4, 0.5) is 11.4 Å². The molecular weight excluding hydrogens is 905 g/mol. The van der Waals surface area contributed by atoms with E-state index in [2.05, 4.69) is 158 Å². The Bertz CT molecular complexity index is 4210. The fourth-order valence-corrected chi connectivity index (χ4v) is 10.5. The normalized spacial score (nSPS) is 11.2. The van der Waals surface area contributed by atoms with Crippen molar-refractivity contribution in [2.75, 3.05) is 0 Å². The smallest absolute Gasteiger partial charge is 0.194 e. The van der Waals surface area contributed by atoms with E-state index in [9.17, 15) is 5.26 Å². The van der Waals surface area contributed by atoms with E-state index < -0.39 is 0 Å². The quantitative estimate of drug-likeness (QED) is 0.142. The molecule has 0 amide bonds. The summed E-state index contributed by atoms with van der Waals surface area (Å²) in [4.78, 5) is 23.8. The van der Waals surface area contributed by atoms with Gasteiger partial charge in [-0.1, -0.05) is 146 Å². The molecule has 8 heteroatoms. The highest BCUT2D eigenvalue weighted by Gasteiger charge is 2.22. The molecule has 0 atom stereocenters. The van der Waals surface area contributed by atoms with E-state index in [0.29, 0.717) is 34.4 Å². The number of fused-ring (bicyclic) bond motifs is 6. The number of aromatic nitrogens is 5. The van der Waals surface area contributed by atoms with Crippen molar-refractivity contribution in [3.63, 3.8) is 0 Å². The van der Waals surface area contributed by atoms with E-state index in [0.717, 1.165) is 105 Å². The molecule has 0 saturated carbocycles. The predicted octanol–water partition coefficient (Wildman–Crippen LogP) is 17.0. The molecule has 0 aliphatic rings. The molecule has 10 aromatic carbocycles. The number of nitriles is 1. The molecule has 0 aliphatic heterocycles. The predicted molar refractivity (Wildman–Crippen MR) is 298 cm³/mol. The van der Waals surface area contributed by atoms with Crippen LogP contribution in [0.2, 0.25) is 0 Å². The molecule has 0 unspecified atom stereocenters. The van der Waals surface area contributed by atoms with Gasteiger partial charge in [0.1, 0.15) is 0 Å². The van der Waals surface area contributed by atoms with Gasteiger partial charge in [-0.15, -0.1) is 0 Å². The van der Waals surface area contributed by atoms with Crippen LogP contribution in [0.25, 0.3) is 132 Å². The molecule has 0 fully saturated rings. The van der Waals surface area contributed by atoms with Crippen molar-refractivity contribution in [3.8, 4) is 85.0 Å². The van der Waals surface area contributed by atoms with Crippen molar-refractivity contribution < 1.29 is 0 Å². The lowest BCUT2D eigenvalue weighted by atomic mass is 9.96. The van der Waals surface area contributed by atoms with Gasteiger partial charge in [-0.25, -0.2) is 24.6 Å². The van der Waals surface area contributed by atoms with E-state index in [4.69, 9.17) is 28.1 Å². The molecule has 0 radical (unpaired) electrons. The Morgan fingerprint density at radius 2 is 0.797 bits per heavy atom. The van der Waals surface area contributed by atoms with Crippen LogP contribution in [0.3, 0.4) is 0 Å². The molecule has 13 aromatic rings. The first-order valence-electron chi connectivity index (χ1n) is 24.1. The van der Waals surface area contributed by atoms with Crippen LogP contribution in [0.1, 0.15) is 5.56 Å². The molecule has 74 heavy (non-hydrogen) atoms. The van der Waals surface area contributed by atoms with Crippen LogP contribution < -0.4 is 0 Å². The highest BCUT2D eigenvalue weighted by atomic mass is 15.0. The van der Waals surface area contributed by atoms with Crippen molar-refractivity contribution in [1.29, 1.82) is 5.26 Å². The Kier molecular flexibility index (Phi) is 10.5. The van der Waals surface area contributed by atoms with Gasteiger partial charge < -0.3 is 9.13 Å². The Morgan fingerprint density at radius 3 is 1.32 bits per heavy atom. The van der Waals surface area contributed by atoms with E-state index in [1.165, 1.54) is 0 Å². The fraction of sp³-hybridized carbons (Fsp3) is 0. The molecule has 0 N–H and O–H groups in total. The number of para-hydroxylation sites is 5. The summed E-state index contributed by atoms with van der Waals surface area (Å²) in [5.41, 5.74) is 15.0. The van der Waals surface area contributed by atoms with Gasteiger partial charge in [-0.3, -0.25) is 0 Å². The maximum absolute atomic E-state index is 10.2. The van der Waals surface area contributed by atoms with E-state index in [1.54, 1.807) is 0 Å². The lowest BCUT2D eigenvalue weighted by Crippen LogP contribution is -2.03. The third-order valence-electron chi connectivity index (χ3n) is 13.8. The maximum atomic E-state index is 10.2. The lowest BCUT2D eigenvalue weighted by Gasteiger charge is -2.17. The number of hydrogen-bond donors (Lipinski definition) is 0. The monoisotopic (exact) mass is 942 g/mol. The Morgan fingerprint density at radius 1 is 0.351 bits per heavy atom. The number of rotatable bonds is 8. The average molecular weight is 943 g/mol. The number of benzene rings is 10. The largest absolute Gasteiger partial charge is 0.309 e. The molecule has 3 heterocycles. The molecule has 0 bridgehead atoms. The third-order valence-corrected chi connectivity index (χ3v) is 13.8. The highest BCUT2D eigenvalue weighted by molar-refractivity contribution is 6.10. The summed E-state index contributed by atoms with van der Waals surface area (Å²) in [5, 5.41) is 14.8. The molecule has 13 rings (SSSR count). The van der Waals surface area contributed by atoms with Crippen molar-refractivity contribution in [2.45, 2.75) is 0 Å². The van der Waals surface area contributed by atoms with Gasteiger partial charge in [0.2, 0.25) is 0 Å². The number of hydrogen-bond acceptors (Lipinski definition) is 4. The molecule has 0 saturated heterocycles. The first-order chi connectivity index (χ1) is 36.5. The van der Waals surface area contributed by atoms with Crippen molar-refractivity contribution in [3.05, 3.63) is 259 Å². The van der Waals surface area contributed by atoms with Crippen LogP contribution in [0.15, 0.2) is 231 Å². The lowest BCUT2D eigenvalue weighted by molar-refractivity contribution is 1.07. The summed E-state index contributed by atoms with van der Waals surface area (Å²) in [6, 6.07) is 79.7. The summed E-state index contributed by atoms with van der Waals surface area (Å²) in [6.45, 7) is 16.0. The molecule has 0 spiro atoms. The minimum absolute atomic E-state index is 0.426. The van der Waals surface area contributed by atoms with Crippen molar-refractivity contribution >= 4 is 55.0 Å². The second-order valence-corrected chi connectivity index (χ2v) is 18.1. The summed E-state index contributed by atoms with van der Waals surface area (Å²) in [7, 11) is 0. The molecule has 8 nitrogen and oxygen atoms in total. The van der Waals surface area contributed by atoms with Crippen LogP contribution >= 0.6 is 0 Å². The molecule has 0 aliphatic carbocycles. The van der Waals surface area contributed by atoms with Crippen molar-refractivity contribution in [2.24, 2.45) is 0 Å². The van der Waals surface area contributed by atoms with Crippen LogP contribution in [0, 0.1) is 24.5 Å². The number of nitrogens with zero attached hydrogens (tertiary/aromatic N) is 8. The second kappa shape index (κ2) is 17.9. The standard InChI is InChI=1S/C66H38N8/c1-68-47-21-15-19-45(38-47)58-40-49(74-62-30-11-6-25-53(62)54-26-7-12-31-63(54)74)33-35-56(58)66-71-64(46-20-14-18-44(37-46)50-22-3-8-27-59(50)69-2)70-65(72-66)55-34-32-48(39-57(55)43-17-13-16-42(36-43)41-67)73-60-28-9-4-23-51(60)52-24-5-10-29-61(52)73/h3-40H. The minimum Gasteiger partial charge on any atom is -0.309 e. The fourth-order valence-electron chi connectivity index (χ4n) is 10.5. The zero-order chi connectivity index (χ0) is 49.7. The van der Waals surface area contributed by atoms with E-state index in [1.807, 2.05) is 97.1 Å². The van der Waals surface area contributed by atoms with Crippen molar-refractivity contribution in [1.82, 2.24) is 24.1 Å². The topological polar surface area (TPSA) is 81.0 Å². The molecular formula is C66H38N8.